The maximum absolute atomic E-state index is 12.8. The molecule has 2 aromatic heterocycles. The van der Waals surface area contributed by atoms with Gasteiger partial charge in [0.05, 0.1) is 5.69 Å². The van der Waals surface area contributed by atoms with E-state index < -0.39 is 5.91 Å². The van der Waals surface area contributed by atoms with Crippen molar-refractivity contribution in [2.24, 2.45) is 0 Å². The molecular weight excluding hydrogens is 458 g/mol. The lowest BCUT2D eigenvalue weighted by molar-refractivity contribution is 0.0952. The van der Waals surface area contributed by atoms with Crippen LogP contribution < -0.4 is 10.6 Å². The minimum atomic E-state index is -0.404. The molecule has 6 rings (SSSR count). The highest BCUT2D eigenvalue weighted by Gasteiger charge is 2.18. The number of nitrogens with zero attached hydrogens (tertiary/aromatic N) is 3. The third-order valence-corrected chi connectivity index (χ3v) is 6.10. The van der Waals surface area contributed by atoms with Crippen molar-refractivity contribution in [1.82, 2.24) is 20.3 Å². The monoisotopic (exact) mass is 477 g/mol. The fourth-order valence-electron chi connectivity index (χ4n) is 4.20. The molecule has 0 saturated heterocycles. The summed E-state index contributed by atoms with van der Waals surface area (Å²) in [6, 6.07) is 27.2. The maximum atomic E-state index is 12.8. The number of hydrogen-bond donors (Lipinski definition) is 2. The van der Waals surface area contributed by atoms with Crippen molar-refractivity contribution in [3.8, 4) is 5.69 Å². The van der Waals surface area contributed by atoms with Crippen LogP contribution in [0.3, 0.4) is 0 Å². The second-order valence-corrected chi connectivity index (χ2v) is 8.56. The summed E-state index contributed by atoms with van der Waals surface area (Å²) in [5.74, 6) is -0.164. The summed E-state index contributed by atoms with van der Waals surface area (Å²) in [6.45, 7) is 1.85. The first-order valence-corrected chi connectivity index (χ1v) is 11.4. The molecule has 0 radical (unpaired) electrons. The Bertz CT molecular complexity index is 1760. The Balaban J connectivity index is 1.23. The number of rotatable bonds is 3. The van der Waals surface area contributed by atoms with E-state index in [-0.39, 0.29) is 10.9 Å². The Morgan fingerprint density at radius 3 is 2.49 bits per heavy atom. The van der Waals surface area contributed by atoms with Crippen LogP contribution in [0.25, 0.3) is 38.5 Å². The van der Waals surface area contributed by atoms with Gasteiger partial charge in [-0.15, -0.1) is 15.0 Å². The Morgan fingerprint density at radius 1 is 0.886 bits per heavy atom. The number of nitrogens with one attached hydrogen (secondary N) is 2. The van der Waals surface area contributed by atoms with E-state index in [1.165, 1.54) is 0 Å². The molecule has 8 heteroatoms. The lowest BCUT2D eigenvalue weighted by Gasteiger charge is -2.08. The van der Waals surface area contributed by atoms with Gasteiger partial charge in [-0.3, -0.25) is 10.1 Å². The van der Waals surface area contributed by atoms with Crippen molar-refractivity contribution < 1.29 is 9.21 Å². The number of amides is 1. The Morgan fingerprint density at radius 2 is 1.63 bits per heavy atom. The minimum Gasteiger partial charge on any atom is -0.451 e. The molecule has 0 fully saturated rings. The van der Waals surface area contributed by atoms with Crippen LogP contribution in [-0.2, 0) is 0 Å². The number of para-hydroxylation sites is 1. The number of anilines is 1. The summed E-state index contributed by atoms with van der Waals surface area (Å²) >= 11 is 5.37. The number of aryl methyl sites for hydroxylation is 1. The molecule has 170 valence electrons. The number of benzene rings is 4. The molecule has 4 aromatic carbocycles. The first-order valence-electron chi connectivity index (χ1n) is 11.0. The molecular formula is C27H19N5O2S. The van der Waals surface area contributed by atoms with E-state index in [1.807, 2.05) is 73.7 Å². The highest BCUT2D eigenvalue weighted by molar-refractivity contribution is 7.80. The predicted molar refractivity (Wildman–Crippen MR) is 141 cm³/mol. The molecule has 0 aliphatic rings. The number of hydrogen-bond acceptors (Lipinski definition) is 5. The smallest absolute Gasteiger partial charge is 0.293 e. The average molecular weight is 478 g/mol. The molecule has 0 aliphatic heterocycles. The maximum Gasteiger partial charge on any atom is 0.293 e. The number of furan rings is 1. The van der Waals surface area contributed by atoms with Crippen molar-refractivity contribution in [1.29, 1.82) is 0 Å². The van der Waals surface area contributed by atoms with E-state index in [9.17, 15) is 4.79 Å². The van der Waals surface area contributed by atoms with Crippen molar-refractivity contribution in [2.75, 3.05) is 5.32 Å². The first-order chi connectivity index (χ1) is 17.1. The molecule has 2 N–H and O–H groups in total. The van der Waals surface area contributed by atoms with Crippen molar-refractivity contribution in [3.05, 3.63) is 96.3 Å². The van der Waals surface area contributed by atoms with E-state index in [0.717, 1.165) is 32.9 Å². The average Bonchev–Trinajstić information content (AvgIpc) is 3.44. The quantitative estimate of drug-likeness (QED) is 0.316. The summed E-state index contributed by atoms with van der Waals surface area (Å²) in [7, 11) is 0. The van der Waals surface area contributed by atoms with Gasteiger partial charge in [0.15, 0.2) is 10.9 Å². The van der Waals surface area contributed by atoms with E-state index >= 15 is 0 Å². The van der Waals surface area contributed by atoms with Crippen LogP contribution in [0.5, 0.6) is 0 Å². The van der Waals surface area contributed by atoms with Gasteiger partial charge in [-0.2, -0.15) is 0 Å². The highest BCUT2D eigenvalue weighted by atomic mass is 32.1. The lowest BCUT2D eigenvalue weighted by Crippen LogP contribution is -2.34. The van der Waals surface area contributed by atoms with Gasteiger partial charge in [-0.05, 0) is 54.9 Å². The number of fused-ring (bicyclic) bond motifs is 3. The first kappa shape index (κ1) is 21.0. The molecule has 0 spiro atoms. The summed E-state index contributed by atoms with van der Waals surface area (Å²) in [6.07, 6.45) is 0. The van der Waals surface area contributed by atoms with E-state index in [1.54, 1.807) is 4.80 Å². The van der Waals surface area contributed by atoms with Gasteiger partial charge in [0.2, 0.25) is 0 Å². The van der Waals surface area contributed by atoms with Crippen molar-refractivity contribution >= 4 is 61.7 Å². The van der Waals surface area contributed by atoms with Gasteiger partial charge in [0.1, 0.15) is 16.6 Å². The van der Waals surface area contributed by atoms with Gasteiger partial charge < -0.3 is 9.73 Å². The lowest BCUT2D eigenvalue weighted by atomic mass is 10.1. The summed E-state index contributed by atoms with van der Waals surface area (Å²) in [5.41, 5.74) is 4.47. The zero-order valence-electron chi connectivity index (χ0n) is 18.6. The van der Waals surface area contributed by atoms with Gasteiger partial charge in [-0.1, -0.05) is 54.6 Å². The van der Waals surface area contributed by atoms with Crippen molar-refractivity contribution in [2.45, 2.75) is 6.92 Å². The standard InChI is InChI=1S/C27H19N5O2S/c1-16-19-9-4-5-12-24(19)34-25(16)26(33)29-27(35)28-18-13-14-21-22(15-18)31-32(30-21)23-11-6-8-17-7-2-3-10-20(17)23/h2-15H,1H3,(H2,28,29,33,35). The zero-order chi connectivity index (χ0) is 23.9. The topological polar surface area (TPSA) is 85.0 Å². The van der Waals surface area contributed by atoms with Crippen LogP contribution >= 0.6 is 12.2 Å². The summed E-state index contributed by atoms with van der Waals surface area (Å²) in [5, 5.41) is 18.3. The Kier molecular flexibility index (Phi) is 5.00. The van der Waals surface area contributed by atoms with Crippen molar-refractivity contribution in [3.63, 3.8) is 0 Å². The van der Waals surface area contributed by atoms with Crippen LogP contribution in [0.1, 0.15) is 16.1 Å². The Hall–Kier alpha value is -4.56. The third-order valence-electron chi connectivity index (χ3n) is 5.90. The molecule has 0 saturated carbocycles. The normalized spacial score (nSPS) is 11.2. The molecule has 0 atom stereocenters. The number of thiocarbonyl (C=S) groups is 1. The minimum absolute atomic E-state index is 0.163. The molecule has 0 aliphatic carbocycles. The molecule has 35 heavy (non-hydrogen) atoms. The second-order valence-electron chi connectivity index (χ2n) is 8.15. The van der Waals surface area contributed by atoms with Crippen LogP contribution in [-0.4, -0.2) is 26.0 Å². The van der Waals surface area contributed by atoms with E-state index in [4.69, 9.17) is 16.6 Å². The van der Waals surface area contributed by atoms with Crippen LogP contribution in [0.4, 0.5) is 5.69 Å². The second kappa shape index (κ2) is 8.34. The largest absolute Gasteiger partial charge is 0.451 e. The summed E-state index contributed by atoms with van der Waals surface area (Å²) in [4.78, 5) is 14.4. The fourth-order valence-corrected chi connectivity index (χ4v) is 4.41. The van der Waals surface area contributed by atoms with Crippen LogP contribution in [0.15, 0.2) is 89.3 Å². The van der Waals surface area contributed by atoms with Gasteiger partial charge in [0, 0.05) is 22.0 Å². The Labute approximate surface area is 205 Å². The molecule has 7 nitrogen and oxygen atoms in total. The number of aromatic nitrogens is 3. The molecule has 1 amide bonds. The van der Waals surface area contributed by atoms with Crippen LogP contribution in [0, 0.1) is 6.92 Å². The van der Waals surface area contributed by atoms with E-state index in [0.29, 0.717) is 16.8 Å². The SMILES string of the molecule is Cc1c(C(=O)NC(=S)Nc2ccc3nn(-c4cccc5ccccc45)nc3c2)oc2ccccc12. The molecule has 0 bridgehead atoms. The molecule has 2 heterocycles. The predicted octanol–water partition coefficient (Wildman–Crippen LogP) is 5.76. The fraction of sp³-hybridized carbons (Fsp3) is 0.0370. The van der Waals surface area contributed by atoms with Gasteiger partial charge in [0.25, 0.3) is 5.91 Å². The number of carbonyl (C=O) groups excluding carboxylic acids is 1. The molecule has 6 aromatic rings. The molecule has 0 unspecified atom stereocenters. The summed E-state index contributed by atoms with van der Waals surface area (Å²) < 4.78 is 5.72. The van der Waals surface area contributed by atoms with Gasteiger partial charge >= 0.3 is 0 Å². The number of carbonyl (C=O) groups is 1. The zero-order valence-corrected chi connectivity index (χ0v) is 19.5. The highest BCUT2D eigenvalue weighted by Crippen LogP contribution is 2.25. The van der Waals surface area contributed by atoms with Gasteiger partial charge in [-0.25, -0.2) is 0 Å². The van der Waals surface area contributed by atoms with E-state index in [2.05, 4.69) is 39.0 Å². The van der Waals surface area contributed by atoms with Crippen LogP contribution in [0.2, 0.25) is 0 Å². The third kappa shape index (κ3) is 3.79.